The number of para-hydroxylation sites is 1. The fourth-order valence-corrected chi connectivity index (χ4v) is 1.98. The number of hydrogen-bond acceptors (Lipinski definition) is 3. The summed E-state index contributed by atoms with van der Waals surface area (Å²) in [5, 5.41) is 9.08. The standard InChI is InChI=1S/C12H12F3NO2/c13-12(14,15)11(18)7-16-6-5-10(17)8-3-1-2-4-9(8)16/h1-4,11,18H,5-7H2. The Kier molecular flexibility index (Phi) is 3.30. The second-order valence-corrected chi connectivity index (χ2v) is 4.19. The van der Waals surface area contributed by atoms with Gasteiger partial charge in [-0.1, -0.05) is 12.1 Å². The summed E-state index contributed by atoms with van der Waals surface area (Å²) in [6.45, 7) is -0.350. The zero-order valence-corrected chi connectivity index (χ0v) is 9.44. The summed E-state index contributed by atoms with van der Waals surface area (Å²) in [4.78, 5) is 13.0. The van der Waals surface area contributed by atoms with Crippen LogP contribution in [0, 0.1) is 0 Å². The first-order valence-corrected chi connectivity index (χ1v) is 5.51. The zero-order chi connectivity index (χ0) is 13.3. The van der Waals surface area contributed by atoms with Gasteiger partial charge in [0.1, 0.15) is 0 Å². The molecule has 1 atom stereocenters. The molecule has 1 aliphatic rings. The minimum atomic E-state index is -4.64. The first-order valence-electron chi connectivity index (χ1n) is 5.51. The van der Waals surface area contributed by atoms with Crippen molar-refractivity contribution >= 4 is 11.5 Å². The van der Waals surface area contributed by atoms with E-state index in [1.807, 2.05) is 0 Å². The number of halogens is 3. The van der Waals surface area contributed by atoms with E-state index in [9.17, 15) is 18.0 Å². The fraction of sp³-hybridized carbons (Fsp3) is 0.417. The lowest BCUT2D eigenvalue weighted by Gasteiger charge is -2.32. The summed E-state index contributed by atoms with van der Waals surface area (Å²) in [6, 6.07) is 6.50. The van der Waals surface area contributed by atoms with Crippen molar-refractivity contribution in [2.75, 3.05) is 18.0 Å². The molecule has 1 aliphatic heterocycles. The van der Waals surface area contributed by atoms with Crippen molar-refractivity contribution < 1.29 is 23.1 Å². The molecule has 0 spiro atoms. The molecular formula is C12H12F3NO2. The van der Waals surface area contributed by atoms with E-state index in [0.717, 1.165) is 0 Å². The third-order valence-corrected chi connectivity index (χ3v) is 2.93. The van der Waals surface area contributed by atoms with E-state index in [1.165, 1.54) is 4.90 Å². The predicted octanol–water partition coefficient (Wildman–Crippen LogP) is 2.00. The number of benzene rings is 1. The molecule has 1 aromatic carbocycles. The lowest BCUT2D eigenvalue weighted by Crippen LogP contribution is -2.43. The van der Waals surface area contributed by atoms with E-state index in [-0.39, 0.29) is 18.7 Å². The molecule has 0 saturated carbocycles. The quantitative estimate of drug-likeness (QED) is 0.883. The molecule has 6 heteroatoms. The maximum Gasteiger partial charge on any atom is 0.416 e. The van der Waals surface area contributed by atoms with Crippen LogP contribution in [0.25, 0.3) is 0 Å². The molecule has 3 nitrogen and oxygen atoms in total. The molecule has 1 heterocycles. The molecule has 0 aliphatic carbocycles. The number of Topliss-reactive ketones (excluding diaryl/α,β-unsaturated/α-hetero) is 1. The van der Waals surface area contributed by atoms with Crippen LogP contribution < -0.4 is 4.90 Å². The van der Waals surface area contributed by atoms with Gasteiger partial charge in [0.25, 0.3) is 0 Å². The van der Waals surface area contributed by atoms with E-state index in [1.54, 1.807) is 24.3 Å². The predicted molar refractivity (Wildman–Crippen MR) is 59.7 cm³/mol. The number of anilines is 1. The molecule has 1 unspecified atom stereocenters. The fourth-order valence-electron chi connectivity index (χ4n) is 1.98. The van der Waals surface area contributed by atoms with Gasteiger partial charge in [-0.05, 0) is 12.1 Å². The molecule has 1 aromatic rings. The van der Waals surface area contributed by atoms with Crippen LogP contribution in [0.1, 0.15) is 16.8 Å². The van der Waals surface area contributed by atoms with E-state index >= 15 is 0 Å². The topological polar surface area (TPSA) is 40.5 Å². The third-order valence-electron chi connectivity index (χ3n) is 2.93. The first kappa shape index (κ1) is 12.9. The van der Waals surface area contributed by atoms with E-state index in [0.29, 0.717) is 11.3 Å². The normalized spacial score (nSPS) is 17.6. The van der Waals surface area contributed by atoms with Gasteiger partial charge >= 0.3 is 6.18 Å². The summed E-state index contributed by atoms with van der Waals surface area (Å²) >= 11 is 0. The van der Waals surface area contributed by atoms with Crippen molar-refractivity contribution in [3.63, 3.8) is 0 Å². The largest absolute Gasteiger partial charge is 0.416 e. The number of rotatable bonds is 2. The van der Waals surface area contributed by atoms with Crippen LogP contribution in [0.2, 0.25) is 0 Å². The van der Waals surface area contributed by atoms with Crippen LogP contribution in [0.4, 0.5) is 18.9 Å². The second-order valence-electron chi connectivity index (χ2n) is 4.19. The Morgan fingerprint density at radius 2 is 2.00 bits per heavy atom. The van der Waals surface area contributed by atoms with Crippen molar-refractivity contribution in [3.05, 3.63) is 29.8 Å². The number of carbonyl (C=O) groups excluding carboxylic acids is 1. The summed E-state index contributed by atoms with van der Waals surface area (Å²) < 4.78 is 36.9. The third kappa shape index (κ3) is 2.48. The molecule has 0 radical (unpaired) electrons. The van der Waals surface area contributed by atoms with Gasteiger partial charge < -0.3 is 10.0 Å². The monoisotopic (exact) mass is 259 g/mol. The number of aliphatic hydroxyl groups is 1. The van der Waals surface area contributed by atoms with Gasteiger partial charge in [0.15, 0.2) is 11.9 Å². The minimum Gasteiger partial charge on any atom is -0.382 e. The smallest absolute Gasteiger partial charge is 0.382 e. The van der Waals surface area contributed by atoms with Crippen molar-refractivity contribution in [3.8, 4) is 0 Å². The minimum absolute atomic E-state index is 0.0802. The molecule has 0 aromatic heterocycles. The number of aliphatic hydroxyl groups excluding tert-OH is 1. The average Bonchev–Trinajstić information content (AvgIpc) is 2.32. The van der Waals surface area contributed by atoms with Crippen LogP contribution in [0.3, 0.4) is 0 Å². The van der Waals surface area contributed by atoms with Gasteiger partial charge in [-0.3, -0.25) is 4.79 Å². The molecule has 1 N–H and O–H groups in total. The molecular weight excluding hydrogens is 247 g/mol. The van der Waals surface area contributed by atoms with Crippen molar-refractivity contribution in [1.29, 1.82) is 0 Å². The van der Waals surface area contributed by atoms with E-state index in [2.05, 4.69) is 0 Å². The molecule has 98 valence electrons. The Morgan fingerprint density at radius 1 is 1.33 bits per heavy atom. The van der Waals surface area contributed by atoms with Gasteiger partial charge in [-0.25, -0.2) is 0 Å². The van der Waals surface area contributed by atoms with Crippen LogP contribution in [0.15, 0.2) is 24.3 Å². The molecule has 18 heavy (non-hydrogen) atoms. The van der Waals surface area contributed by atoms with Crippen LogP contribution in [-0.2, 0) is 0 Å². The van der Waals surface area contributed by atoms with E-state index in [4.69, 9.17) is 5.11 Å². The van der Waals surface area contributed by atoms with Gasteiger partial charge in [-0.15, -0.1) is 0 Å². The molecule has 0 amide bonds. The highest BCUT2D eigenvalue weighted by Gasteiger charge is 2.40. The second kappa shape index (κ2) is 4.61. The SMILES string of the molecule is O=C1CCN(CC(O)C(F)(F)F)c2ccccc21. The number of ketones is 1. The summed E-state index contributed by atoms with van der Waals surface area (Å²) in [5.74, 6) is -0.0802. The molecule has 0 bridgehead atoms. The number of alkyl halides is 3. The first-order chi connectivity index (χ1) is 8.39. The number of fused-ring (bicyclic) bond motifs is 1. The Labute approximate surface area is 102 Å². The highest BCUT2D eigenvalue weighted by atomic mass is 19.4. The number of nitrogens with zero attached hydrogens (tertiary/aromatic N) is 1. The lowest BCUT2D eigenvalue weighted by atomic mass is 10.00. The maximum absolute atomic E-state index is 12.3. The highest BCUT2D eigenvalue weighted by Crippen LogP contribution is 2.29. The average molecular weight is 259 g/mol. The highest BCUT2D eigenvalue weighted by molar-refractivity contribution is 6.03. The molecule has 0 saturated heterocycles. The van der Waals surface area contributed by atoms with Crippen molar-refractivity contribution in [2.24, 2.45) is 0 Å². The maximum atomic E-state index is 12.3. The van der Waals surface area contributed by atoms with Crippen LogP contribution in [-0.4, -0.2) is 36.3 Å². The Bertz CT molecular complexity index is 459. The number of carbonyl (C=O) groups is 1. The van der Waals surface area contributed by atoms with E-state index < -0.39 is 18.8 Å². The summed E-state index contributed by atoms with van der Waals surface area (Å²) in [5.41, 5.74) is 0.871. The van der Waals surface area contributed by atoms with Gasteiger partial charge in [0.05, 0.1) is 6.54 Å². The van der Waals surface area contributed by atoms with Gasteiger partial charge in [0.2, 0.25) is 0 Å². The number of β-amino-alcohol motifs (C(OH)–C–C–N with tert-alkyl or cyclic N) is 1. The lowest BCUT2D eigenvalue weighted by molar-refractivity contribution is -0.200. The number of hydrogen-bond donors (Lipinski definition) is 1. The Hall–Kier alpha value is -1.56. The zero-order valence-electron chi connectivity index (χ0n) is 9.44. The Morgan fingerprint density at radius 3 is 2.67 bits per heavy atom. The molecule has 0 fully saturated rings. The van der Waals surface area contributed by atoms with Crippen molar-refractivity contribution in [2.45, 2.75) is 18.7 Å². The summed E-state index contributed by atoms with van der Waals surface area (Å²) in [7, 11) is 0. The van der Waals surface area contributed by atoms with Crippen molar-refractivity contribution in [1.82, 2.24) is 0 Å². The van der Waals surface area contributed by atoms with Crippen LogP contribution in [0.5, 0.6) is 0 Å². The molecule has 2 rings (SSSR count). The van der Waals surface area contributed by atoms with Gasteiger partial charge in [-0.2, -0.15) is 13.2 Å². The van der Waals surface area contributed by atoms with Crippen LogP contribution >= 0.6 is 0 Å². The Balaban J connectivity index is 2.22. The summed E-state index contributed by atoms with van der Waals surface area (Å²) in [6.07, 6.45) is -6.88. The van der Waals surface area contributed by atoms with Gasteiger partial charge in [0, 0.05) is 24.2 Å².